The van der Waals surface area contributed by atoms with Crippen LogP contribution in [0.3, 0.4) is 0 Å². The second-order valence-corrected chi connectivity index (χ2v) is 8.68. The molecule has 3 heterocycles. The number of nitrogens with two attached hydrogens (primary N) is 1. The number of halogens is 1. The predicted molar refractivity (Wildman–Crippen MR) is 135 cm³/mol. The Hall–Kier alpha value is -3.73. The van der Waals surface area contributed by atoms with Gasteiger partial charge in [-0.1, -0.05) is 41.8 Å². The largest absolute Gasteiger partial charge is 0.456 e. The van der Waals surface area contributed by atoms with Gasteiger partial charge in [-0.2, -0.15) is 5.10 Å². The number of aromatic nitrogens is 3. The van der Waals surface area contributed by atoms with E-state index in [0.29, 0.717) is 33.2 Å². The first kappa shape index (κ1) is 22.1. The van der Waals surface area contributed by atoms with Crippen molar-refractivity contribution < 1.29 is 4.74 Å². The molecule has 172 valence electrons. The molecule has 1 aliphatic rings. The van der Waals surface area contributed by atoms with Crippen molar-refractivity contribution in [3.05, 3.63) is 70.1 Å². The third-order valence-corrected chi connectivity index (χ3v) is 6.44. The number of benzene rings is 2. The van der Waals surface area contributed by atoms with E-state index in [-0.39, 0.29) is 11.6 Å². The number of aromatic amines is 1. The van der Waals surface area contributed by atoms with E-state index in [0.717, 1.165) is 37.2 Å². The fraction of sp³-hybridized carbons (Fsp3) is 0.231. The second-order valence-electron chi connectivity index (χ2n) is 8.27. The third-order valence-electron chi connectivity index (χ3n) is 6.13. The highest BCUT2D eigenvalue weighted by atomic mass is 35.5. The van der Waals surface area contributed by atoms with Crippen LogP contribution in [0.5, 0.6) is 11.5 Å². The number of hydrogen-bond donors (Lipinski definition) is 2. The molecule has 3 N–H and O–H groups in total. The number of anilines is 1. The number of hydrogen-bond acceptors (Lipinski definition) is 5. The minimum atomic E-state index is -0.249. The van der Waals surface area contributed by atoms with Gasteiger partial charge < -0.3 is 15.0 Å². The van der Waals surface area contributed by atoms with Crippen molar-refractivity contribution in [1.82, 2.24) is 19.7 Å². The van der Waals surface area contributed by atoms with Gasteiger partial charge in [-0.3, -0.25) is 9.69 Å². The number of rotatable bonds is 5. The molecule has 0 unspecified atom stereocenters. The molecule has 0 bridgehead atoms. The van der Waals surface area contributed by atoms with Crippen molar-refractivity contribution in [2.45, 2.75) is 19.4 Å². The molecule has 0 spiro atoms. The second kappa shape index (κ2) is 9.26. The maximum Gasteiger partial charge on any atom is 0.288 e. The van der Waals surface area contributed by atoms with Crippen molar-refractivity contribution in [2.24, 2.45) is 0 Å². The van der Waals surface area contributed by atoms with Gasteiger partial charge in [-0.15, -0.1) is 5.92 Å². The van der Waals surface area contributed by atoms with Gasteiger partial charge in [0.25, 0.3) is 5.56 Å². The minimum absolute atomic E-state index is 0.153. The van der Waals surface area contributed by atoms with E-state index in [4.69, 9.17) is 22.1 Å². The van der Waals surface area contributed by atoms with Gasteiger partial charge in [-0.05, 0) is 43.2 Å². The van der Waals surface area contributed by atoms with Crippen molar-refractivity contribution in [1.29, 1.82) is 0 Å². The van der Waals surface area contributed by atoms with Crippen molar-refractivity contribution in [3.8, 4) is 34.5 Å². The summed E-state index contributed by atoms with van der Waals surface area (Å²) in [6.45, 7) is 4.33. The number of para-hydroxylation sites is 1. The topological polar surface area (TPSA) is 89.2 Å². The Balaban J connectivity index is 1.51. The van der Waals surface area contributed by atoms with Gasteiger partial charge in [0.15, 0.2) is 5.82 Å². The van der Waals surface area contributed by atoms with Gasteiger partial charge in [0.05, 0.1) is 17.0 Å². The number of likely N-dealkylation sites (tertiary alicyclic amines) is 1. The fourth-order valence-corrected chi connectivity index (χ4v) is 4.65. The van der Waals surface area contributed by atoms with Crippen LogP contribution in [0, 0.1) is 11.8 Å². The lowest BCUT2D eigenvalue weighted by Crippen LogP contribution is -2.23. The summed E-state index contributed by atoms with van der Waals surface area (Å²) in [4.78, 5) is 15.1. The summed E-state index contributed by atoms with van der Waals surface area (Å²) < 4.78 is 7.97. The SMILES string of the molecule is CC#CCN1CC[C@@H](n2cc(-c3ccc(Oc4ccccc4Cl)cc3)c3c(N)n[nH]c(=O)c32)C1. The van der Waals surface area contributed by atoms with E-state index in [2.05, 4.69) is 31.5 Å². The van der Waals surface area contributed by atoms with Crippen LogP contribution in [-0.4, -0.2) is 39.3 Å². The lowest BCUT2D eigenvalue weighted by Gasteiger charge is -2.15. The summed E-state index contributed by atoms with van der Waals surface area (Å²) in [5.41, 5.74) is 8.33. The summed E-state index contributed by atoms with van der Waals surface area (Å²) in [5, 5.41) is 7.78. The molecule has 7 nitrogen and oxygen atoms in total. The molecule has 34 heavy (non-hydrogen) atoms. The first-order chi connectivity index (χ1) is 16.5. The Morgan fingerprint density at radius 1 is 1.24 bits per heavy atom. The number of H-pyrrole nitrogens is 1. The lowest BCUT2D eigenvalue weighted by atomic mass is 10.1. The van der Waals surface area contributed by atoms with Crippen LogP contribution in [0.4, 0.5) is 5.82 Å². The smallest absolute Gasteiger partial charge is 0.288 e. The molecule has 0 saturated carbocycles. The molecule has 5 rings (SSSR count). The van der Waals surface area contributed by atoms with Crippen LogP contribution >= 0.6 is 11.6 Å². The monoisotopic (exact) mass is 473 g/mol. The number of nitrogen functional groups attached to an aromatic ring is 1. The fourth-order valence-electron chi connectivity index (χ4n) is 4.47. The molecule has 8 heteroatoms. The van der Waals surface area contributed by atoms with Gasteiger partial charge in [-0.25, -0.2) is 5.10 Å². The summed E-state index contributed by atoms with van der Waals surface area (Å²) in [6.07, 6.45) is 2.95. The van der Waals surface area contributed by atoms with Crippen LogP contribution in [0.15, 0.2) is 59.5 Å². The molecule has 1 aliphatic heterocycles. The first-order valence-corrected chi connectivity index (χ1v) is 11.5. The number of nitrogens with one attached hydrogen (secondary N) is 1. The van der Waals surface area contributed by atoms with Crippen molar-refractivity contribution in [2.75, 3.05) is 25.4 Å². The van der Waals surface area contributed by atoms with Crippen molar-refractivity contribution >= 4 is 28.3 Å². The zero-order chi connectivity index (χ0) is 23.7. The van der Waals surface area contributed by atoms with Crippen LogP contribution in [-0.2, 0) is 0 Å². The van der Waals surface area contributed by atoms with E-state index in [1.54, 1.807) is 6.07 Å². The van der Waals surface area contributed by atoms with Crippen LogP contribution in [0.25, 0.3) is 22.0 Å². The predicted octanol–water partition coefficient (Wildman–Crippen LogP) is 4.69. The molecule has 2 aromatic carbocycles. The quantitative estimate of drug-likeness (QED) is 0.410. The van der Waals surface area contributed by atoms with E-state index in [9.17, 15) is 4.79 Å². The standard InChI is InChI=1S/C26H24ClN5O2/c1-2-3-13-31-14-12-18(15-31)32-16-20(23-24(32)26(33)30-29-25(23)28)17-8-10-19(11-9-17)34-22-7-5-4-6-21(22)27/h4-11,16,18H,12-15H2,1H3,(H2,28,29)(H,30,33)/t18-/m1/s1. The maximum absolute atomic E-state index is 12.8. The average Bonchev–Trinajstić information content (AvgIpc) is 3.48. The van der Waals surface area contributed by atoms with Gasteiger partial charge in [0.1, 0.15) is 17.0 Å². The summed E-state index contributed by atoms with van der Waals surface area (Å²) in [6, 6.07) is 15.1. The zero-order valence-electron chi connectivity index (χ0n) is 18.7. The zero-order valence-corrected chi connectivity index (χ0v) is 19.5. The van der Waals surface area contributed by atoms with Crippen LogP contribution in [0.2, 0.25) is 5.02 Å². The number of fused-ring (bicyclic) bond motifs is 1. The van der Waals surface area contributed by atoms with E-state index < -0.39 is 0 Å². The molecule has 1 fully saturated rings. The molecule has 1 saturated heterocycles. The molecule has 1 atom stereocenters. The van der Waals surface area contributed by atoms with E-state index >= 15 is 0 Å². The number of ether oxygens (including phenoxy) is 1. The van der Waals surface area contributed by atoms with Gasteiger partial charge >= 0.3 is 0 Å². The summed E-state index contributed by atoms with van der Waals surface area (Å²) in [5.74, 6) is 7.62. The highest BCUT2D eigenvalue weighted by Gasteiger charge is 2.27. The van der Waals surface area contributed by atoms with Crippen LogP contribution in [0.1, 0.15) is 19.4 Å². The molecule has 2 aromatic heterocycles. The highest BCUT2D eigenvalue weighted by Crippen LogP contribution is 2.37. The van der Waals surface area contributed by atoms with Crippen LogP contribution < -0.4 is 16.0 Å². The first-order valence-electron chi connectivity index (χ1n) is 11.1. The lowest BCUT2D eigenvalue weighted by molar-refractivity contribution is 0.364. The summed E-state index contributed by atoms with van der Waals surface area (Å²) in [7, 11) is 0. The van der Waals surface area contributed by atoms with Gasteiger partial charge in [0.2, 0.25) is 0 Å². The van der Waals surface area contributed by atoms with Crippen molar-refractivity contribution in [3.63, 3.8) is 0 Å². The Bertz CT molecular complexity index is 1460. The Labute approximate surface area is 202 Å². The molecular formula is C26H24ClN5O2. The molecule has 0 aliphatic carbocycles. The van der Waals surface area contributed by atoms with E-state index in [1.165, 1.54) is 0 Å². The van der Waals surface area contributed by atoms with Gasteiger partial charge in [0, 0.05) is 30.9 Å². The normalized spacial score (nSPS) is 15.9. The highest BCUT2D eigenvalue weighted by molar-refractivity contribution is 6.32. The molecular weight excluding hydrogens is 450 g/mol. The molecule has 0 amide bonds. The molecule has 0 radical (unpaired) electrons. The Morgan fingerprint density at radius 2 is 2.03 bits per heavy atom. The third kappa shape index (κ3) is 4.14. The average molecular weight is 474 g/mol. The minimum Gasteiger partial charge on any atom is -0.456 e. The Kier molecular flexibility index (Phi) is 6.01. The molecule has 4 aromatic rings. The Morgan fingerprint density at radius 3 is 2.79 bits per heavy atom. The maximum atomic E-state index is 12.8. The number of nitrogens with zero attached hydrogens (tertiary/aromatic N) is 3. The summed E-state index contributed by atoms with van der Waals surface area (Å²) >= 11 is 6.21. The van der Waals surface area contributed by atoms with E-state index in [1.807, 2.05) is 55.6 Å².